The Morgan fingerprint density at radius 1 is 1.39 bits per heavy atom. The van der Waals surface area contributed by atoms with Gasteiger partial charge >= 0.3 is 0 Å². The molecule has 1 saturated heterocycles. The minimum Gasteiger partial charge on any atom is -0.351 e. The summed E-state index contributed by atoms with van der Waals surface area (Å²) < 4.78 is 0. The van der Waals surface area contributed by atoms with Crippen LogP contribution in [0.15, 0.2) is 41.5 Å². The molecule has 2 aromatic rings. The minimum atomic E-state index is 0.710. The van der Waals surface area contributed by atoms with Crippen LogP contribution >= 0.6 is 11.3 Å². The minimum absolute atomic E-state index is 0.710. The van der Waals surface area contributed by atoms with Gasteiger partial charge < -0.3 is 10.2 Å². The van der Waals surface area contributed by atoms with Crippen LogP contribution < -0.4 is 5.32 Å². The third kappa shape index (κ3) is 4.32. The van der Waals surface area contributed by atoms with Crippen molar-refractivity contribution < 1.29 is 0 Å². The smallest absolute Gasteiger partial charge is 0.193 e. The van der Waals surface area contributed by atoms with Crippen LogP contribution in [0.5, 0.6) is 0 Å². The zero-order valence-electron chi connectivity index (χ0n) is 13.8. The molecule has 1 atom stereocenters. The highest BCUT2D eigenvalue weighted by atomic mass is 32.1. The van der Waals surface area contributed by atoms with Crippen molar-refractivity contribution in [3.8, 4) is 0 Å². The van der Waals surface area contributed by atoms with E-state index < -0.39 is 0 Å². The first-order valence-electron chi connectivity index (χ1n) is 8.15. The van der Waals surface area contributed by atoms with E-state index in [-0.39, 0.29) is 0 Å². The maximum absolute atomic E-state index is 4.45. The molecule has 5 heteroatoms. The summed E-state index contributed by atoms with van der Waals surface area (Å²) in [7, 11) is 1.87. The number of thiazole rings is 1. The van der Waals surface area contributed by atoms with E-state index in [0.29, 0.717) is 5.92 Å². The Balaban J connectivity index is 1.52. The maximum atomic E-state index is 4.45. The van der Waals surface area contributed by atoms with E-state index in [2.05, 4.69) is 50.5 Å². The van der Waals surface area contributed by atoms with Crippen molar-refractivity contribution in [1.82, 2.24) is 15.2 Å². The quantitative estimate of drug-likeness (QED) is 0.692. The van der Waals surface area contributed by atoms with Crippen molar-refractivity contribution in [3.05, 3.63) is 52.0 Å². The van der Waals surface area contributed by atoms with E-state index in [1.807, 2.05) is 20.2 Å². The van der Waals surface area contributed by atoms with Crippen LogP contribution in [0, 0.1) is 12.8 Å². The van der Waals surface area contributed by atoms with Gasteiger partial charge in [0.15, 0.2) is 5.96 Å². The molecule has 1 unspecified atom stereocenters. The molecule has 0 bridgehead atoms. The summed E-state index contributed by atoms with van der Waals surface area (Å²) in [5, 5.41) is 4.58. The van der Waals surface area contributed by atoms with Gasteiger partial charge in [-0.05, 0) is 31.2 Å². The van der Waals surface area contributed by atoms with Gasteiger partial charge in [0.25, 0.3) is 0 Å². The van der Waals surface area contributed by atoms with Crippen LogP contribution in [0.3, 0.4) is 0 Å². The molecule has 1 aromatic carbocycles. The lowest BCUT2D eigenvalue weighted by Gasteiger charge is -2.21. The number of guanidine groups is 1. The summed E-state index contributed by atoms with van der Waals surface area (Å²) in [5.74, 6) is 1.72. The molecule has 1 N–H and O–H groups in total. The van der Waals surface area contributed by atoms with Gasteiger partial charge in [0.1, 0.15) is 0 Å². The van der Waals surface area contributed by atoms with E-state index in [0.717, 1.165) is 37.0 Å². The van der Waals surface area contributed by atoms with Crippen molar-refractivity contribution >= 4 is 17.3 Å². The molecule has 0 spiro atoms. The first-order chi connectivity index (χ1) is 11.2. The zero-order chi connectivity index (χ0) is 16.1. The number of nitrogens with one attached hydrogen (secondary N) is 1. The Labute approximate surface area is 142 Å². The van der Waals surface area contributed by atoms with E-state index in [1.54, 1.807) is 11.3 Å². The largest absolute Gasteiger partial charge is 0.351 e. The molecule has 23 heavy (non-hydrogen) atoms. The molecular weight excluding hydrogens is 304 g/mol. The summed E-state index contributed by atoms with van der Waals surface area (Å²) in [6.07, 6.45) is 4.33. The molecule has 0 aliphatic carbocycles. The summed E-state index contributed by atoms with van der Waals surface area (Å²) in [4.78, 5) is 12.4. The van der Waals surface area contributed by atoms with Gasteiger partial charge in [-0.2, -0.15) is 0 Å². The molecule has 0 amide bonds. The van der Waals surface area contributed by atoms with Gasteiger partial charge in [-0.15, -0.1) is 11.3 Å². The molecule has 1 aliphatic heterocycles. The number of hydrogen-bond donors (Lipinski definition) is 1. The standard InChI is InChI=1S/C18H24N4S/c1-14-20-11-17(23-14)12-21-18(19-2)22-9-8-16(13-22)10-15-6-4-3-5-7-15/h3-7,11,16H,8-10,12-13H2,1-2H3,(H,19,21). The Morgan fingerprint density at radius 3 is 2.91 bits per heavy atom. The molecule has 2 heterocycles. The van der Waals surface area contributed by atoms with Crippen LogP contribution in [0.4, 0.5) is 0 Å². The van der Waals surface area contributed by atoms with Crippen LogP contribution in [-0.2, 0) is 13.0 Å². The molecule has 0 saturated carbocycles. The van der Waals surface area contributed by atoms with Gasteiger partial charge in [-0.25, -0.2) is 4.98 Å². The number of hydrogen-bond acceptors (Lipinski definition) is 3. The van der Waals surface area contributed by atoms with Crippen LogP contribution in [0.25, 0.3) is 0 Å². The van der Waals surface area contributed by atoms with Gasteiger partial charge in [0, 0.05) is 31.2 Å². The monoisotopic (exact) mass is 328 g/mol. The van der Waals surface area contributed by atoms with Crippen LogP contribution in [-0.4, -0.2) is 36.0 Å². The van der Waals surface area contributed by atoms with Gasteiger partial charge in [-0.1, -0.05) is 30.3 Å². The van der Waals surface area contributed by atoms with Crippen molar-refractivity contribution in [3.63, 3.8) is 0 Å². The molecule has 1 aliphatic rings. The molecule has 122 valence electrons. The lowest BCUT2D eigenvalue weighted by Crippen LogP contribution is -2.39. The summed E-state index contributed by atoms with van der Waals surface area (Å²) in [6.45, 7) is 5.00. The highest BCUT2D eigenvalue weighted by molar-refractivity contribution is 7.11. The van der Waals surface area contributed by atoms with Crippen molar-refractivity contribution in [2.24, 2.45) is 10.9 Å². The first-order valence-corrected chi connectivity index (χ1v) is 8.97. The average molecular weight is 328 g/mol. The number of likely N-dealkylation sites (tertiary alicyclic amines) is 1. The van der Waals surface area contributed by atoms with Gasteiger partial charge in [-0.3, -0.25) is 4.99 Å². The number of aryl methyl sites for hydroxylation is 1. The summed E-state index contributed by atoms with van der Waals surface area (Å²) >= 11 is 1.74. The fourth-order valence-corrected chi connectivity index (χ4v) is 3.86. The number of aromatic nitrogens is 1. The van der Waals surface area contributed by atoms with Crippen molar-refractivity contribution in [1.29, 1.82) is 0 Å². The average Bonchev–Trinajstić information content (AvgIpc) is 3.19. The van der Waals surface area contributed by atoms with E-state index in [1.165, 1.54) is 16.9 Å². The SMILES string of the molecule is CN=C(NCc1cnc(C)s1)N1CCC(Cc2ccccc2)C1. The molecule has 0 radical (unpaired) electrons. The summed E-state index contributed by atoms with van der Waals surface area (Å²) in [6, 6.07) is 10.8. The second kappa shape index (κ2) is 7.59. The van der Waals surface area contributed by atoms with Gasteiger partial charge in [0.2, 0.25) is 0 Å². The zero-order valence-corrected chi connectivity index (χ0v) is 14.6. The molecule has 1 aromatic heterocycles. The number of nitrogens with zero attached hydrogens (tertiary/aromatic N) is 3. The first kappa shape index (κ1) is 16.0. The second-order valence-electron chi connectivity index (χ2n) is 6.04. The van der Waals surface area contributed by atoms with Crippen LogP contribution in [0.1, 0.15) is 21.9 Å². The van der Waals surface area contributed by atoms with Crippen molar-refractivity contribution in [2.45, 2.75) is 26.3 Å². The van der Waals surface area contributed by atoms with E-state index >= 15 is 0 Å². The lowest BCUT2D eigenvalue weighted by atomic mass is 9.99. The predicted octanol–water partition coefficient (Wildman–Crippen LogP) is 3.09. The predicted molar refractivity (Wildman–Crippen MR) is 96.9 cm³/mol. The Hall–Kier alpha value is -1.88. The van der Waals surface area contributed by atoms with E-state index in [9.17, 15) is 0 Å². The lowest BCUT2D eigenvalue weighted by molar-refractivity contribution is 0.460. The topological polar surface area (TPSA) is 40.5 Å². The van der Waals surface area contributed by atoms with Crippen LogP contribution in [0.2, 0.25) is 0 Å². The normalized spacial score (nSPS) is 18.4. The molecule has 3 rings (SSSR count). The fourth-order valence-electron chi connectivity index (χ4n) is 3.12. The molecule has 1 fully saturated rings. The fraction of sp³-hybridized carbons (Fsp3) is 0.444. The second-order valence-corrected chi connectivity index (χ2v) is 7.36. The third-order valence-electron chi connectivity index (χ3n) is 4.25. The van der Waals surface area contributed by atoms with Gasteiger partial charge in [0.05, 0.1) is 11.6 Å². The Morgan fingerprint density at radius 2 is 2.22 bits per heavy atom. The van der Waals surface area contributed by atoms with Crippen molar-refractivity contribution in [2.75, 3.05) is 20.1 Å². The summed E-state index contributed by atoms with van der Waals surface area (Å²) in [5.41, 5.74) is 1.43. The highest BCUT2D eigenvalue weighted by Gasteiger charge is 2.24. The molecule has 4 nitrogen and oxygen atoms in total. The Bertz CT molecular complexity index is 650. The molecular formula is C18H24N4S. The number of benzene rings is 1. The van der Waals surface area contributed by atoms with E-state index in [4.69, 9.17) is 0 Å². The number of rotatable bonds is 4. The number of aliphatic imine (C=N–C) groups is 1. The maximum Gasteiger partial charge on any atom is 0.193 e. The Kier molecular flexibility index (Phi) is 5.28. The third-order valence-corrected chi connectivity index (χ3v) is 5.17. The highest BCUT2D eigenvalue weighted by Crippen LogP contribution is 2.21.